The lowest BCUT2D eigenvalue weighted by atomic mass is 10.0. The highest BCUT2D eigenvalue weighted by Gasteiger charge is 2.19. The average molecular weight is 451 g/mol. The molecule has 0 spiro atoms. The number of nitrogens with two attached hydrogens (primary N) is 1. The number of aliphatic hydroxyl groups excluding tert-OH is 1. The molecule has 3 rings (SSSR count). The number of pyridine rings is 1. The predicted molar refractivity (Wildman–Crippen MR) is 124 cm³/mol. The van der Waals surface area contributed by atoms with Crippen LogP contribution in [0.5, 0.6) is 0 Å². The van der Waals surface area contributed by atoms with Crippen molar-refractivity contribution in [2.24, 2.45) is 0 Å². The largest absolute Gasteiger partial charge is 0.394 e. The Kier molecular flexibility index (Phi) is 7.47. The number of hydrogen-bond acceptors (Lipinski definition) is 6. The first kappa shape index (κ1) is 23.6. The average Bonchev–Trinajstić information content (AvgIpc) is 2.81. The number of aromatic nitrogens is 1. The number of benzene rings is 2. The Bertz CT molecular complexity index is 1210. The fraction of sp³-hybridized carbons (Fsp3) is 0.125. The summed E-state index contributed by atoms with van der Waals surface area (Å²) in [6, 6.07) is 10.3. The Morgan fingerprint density at radius 3 is 2.67 bits per heavy atom. The van der Waals surface area contributed by atoms with Gasteiger partial charge in [0.05, 0.1) is 18.2 Å². The summed E-state index contributed by atoms with van der Waals surface area (Å²) < 4.78 is 28.4. The van der Waals surface area contributed by atoms with Crippen molar-refractivity contribution in [2.75, 3.05) is 19.4 Å². The number of aliphatic hydroxyl groups is 1. The van der Waals surface area contributed by atoms with Gasteiger partial charge in [-0.05, 0) is 47.5 Å². The third-order valence-electron chi connectivity index (χ3n) is 5.01. The van der Waals surface area contributed by atoms with Crippen LogP contribution in [0.4, 0.5) is 14.6 Å². The van der Waals surface area contributed by atoms with Crippen LogP contribution in [-0.2, 0) is 0 Å². The molecule has 0 fully saturated rings. The molecule has 0 bridgehead atoms. The molecule has 0 aliphatic heterocycles. The molecule has 1 atom stereocenters. The molecule has 0 radical (unpaired) electrons. The molecule has 2 aromatic carbocycles. The monoisotopic (exact) mass is 451 g/mol. The molecule has 170 valence electrons. The van der Waals surface area contributed by atoms with Gasteiger partial charge in [-0.15, -0.1) is 0 Å². The van der Waals surface area contributed by atoms with E-state index in [2.05, 4.69) is 15.6 Å². The predicted octanol–water partition coefficient (Wildman–Crippen LogP) is 3.28. The molecule has 0 aliphatic carbocycles. The molecule has 7 nitrogen and oxygen atoms in total. The molecule has 6 N–H and O–H groups in total. The minimum absolute atomic E-state index is 0.173. The van der Waals surface area contributed by atoms with E-state index in [9.17, 15) is 18.7 Å². The maximum Gasteiger partial charge on any atom is 0.254 e. The van der Waals surface area contributed by atoms with E-state index >= 15 is 0 Å². The van der Waals surface area contributed by atoms with E-state index < -0.39 is 30.2 Å². The van der Waals surface area contributed by atoms with Gasteiger partial charge in [-0.3, -0.25) is 4.79 Å². The number of allylic oxidation sites excluding steroid dienone is 1. The molecule has 0 unspecified atom stereocenters. The Labute approximate surface area is 189 Å². The second kappa shape index (κ2) is 10.5. The molecule has 9 heteroatoms. The second-order valence-corrected chi connectivity index (χ2v) is 7.11. The molecule has 1 heterocycles. The standard InChI is InChI=1S/C24H23F2N5O2/c1-29-21(7-8-27)16-10-19(23(28)30-12-16)14-5-6-18(20(26)11-14)24(33)31-22(13-32)15-3-2-4-17(25)9-15/h2-12,22,27,29,32H,13H2,1H3,(H2,28,30)(H,31,33)/b21-7-,27-8?/t22-/m1/s1. The molecule has 1 aromatic heterocycles. The molecule has 3 aromatic rings. The zero-order chi connectivity index (χ0) is 24.0. The number of nitrogens with one attached hydrogen (secondary N) is 3. The van der Waals surface area contributed by atoms with Gasteiger partial charge in [0.1, 0.15) is 17.5 Å². The van der Waals surface area contributed by atoms with Crippen molar-refractivity contribution in [3.63, 3.8) is 0 Å². The van der Waals surface area contributed by atoms with Crippen LogP contribution in [0.2, 0.25) is 0 Å². The summed E-state index contributed by atoms with van der Waals surface area (Å²) in [6.07, 6.45) is 4.20. The topological polar surface area (TPSA) is 124 Å². The van der Waals surface area contributed by atoms with Crippen LogP contribution in [-0.4, -0.2) is 35.9 Å². The third kappa shape index (κ3) is 5.39. The second-order valence-electron chi connectivity index (χ2n) is 7.11. The van der Waals surface area contributed by atoms with E-state index in [4.69, 9.17) is 11.1 Å². The van der Waals surface area contributed by atoms with Crippen LogP contribution in [0.15, 0.2) is 60.8 Å². The van der Waals surface area contributed by atoms with Crippen molar-refractivity contribution < 1.29 is 18.7 Å². The van der Waals surface area contributed by atoms with Gasteiger partial charge in [-0.1, -0.05) is 18.2 Å². The summed E-state index contributed by atoms with van der Waals surface area (Å²) in [5.74, 6) is -1.89. The Hall–Kier alpha value is -4.11. The molecule has 33 heavy (non-hydrogen) atoms. The molecule has 0 saturated carbocycles. The van der Waals surface area contributed by atoms with Crippen molar-refractivity contribution in [1.29, 1.82) is 5.41 Å². The van der Waals surface area contributed by atoms with E-state index in [1.165, 1.54) is 42.6 Å². The van der Waals surface area contributed by atoms with Gasteiger partial charge in [-0.2, -0.15) is 0 Å². The Morgan fingerprint density at radius 1 is 1.24 bits per heavy atom. The number of amides is 1. The minimum Gasteiger partial charge on any atom is -0.394 e. The molecule has 0 aliphatic rings. The first-order valence-corrected chi connectivity index (χ1v) is 9.99. The first-order chi connectivity index (χ1) is 15.9. The summed E-state index contributed by atoms with van der Waals surface area (Å²) in [6.45, 7) is -0.485. The van der Waals surface area contributed by atoms with Crippen molar-refractivity contribution in [3.8, 4) is 11.1 Å². The molecular formula is C24H23F2N5O2. The number of carbonyl (C=O) groups excluding carboxylic acids is 1. The van der Waals surface area contributed by atoms with Crippen molar-refractivity contribution in [1.82, 2.24) is 15.6 Å². The van der Waals surface area contributed by atoms with Gasteiger partial charge in [0.2, 0.25) is 0 Å². The third-order valence-corrected chi connectivity index (χ3v) is 5.01. The Balaban J connectivity index is 1.89. The van der Waals surface area contributed by atoms with E-state index in [0.717, 1.165) is 6.21 Å². The van der Waals surface area contributed by atoms with Gasteiger partial charge < -0.3 is 26.9 Å². The highest BCUT2D eigenvalue weighted by atomic mass is 19.1. The lowest BCUT2D eigenvalue weighted by Gasteiger charge is -2.17. The minimum atomic E-state index is -0.899. The maximum absolute atomic E-state index is 14.9. The van der Waals surface area contributed by atoms with Crippen LogP contribution in [0.25, 0.3) is 16.8 Å². The van der Waals surface area contributed by atoms with Crippen LogP contribution < -0.4 is 16.4 Å². The fourth-order valence-electron chi connectivity index (χ4n) is 3.32. The van der Waals surface area contributed by atoms with Crippen molar-refractivity contribution in [3.05, 3.63) is 89.1 Å². The van der Waals surface area contributed by atoms with E-state index in [0.29, 0.717) is 28.0 Å². The number of hydrogen-bond donors (Lipinski definition) is 5. The SMILES string of the molecule is CN/C(=C\C=N)c1cnc(N)c(-c2ccc(C(=O)N[C@H](CO)c3cccc(F)c3)c(F)c2)c1. The number of nitrogen functional groups attached to an aromatic ring is 1. The zero-order valence-corrected chi connectivity index (χ0v) is 17.8. The molecule has 1 amide bonds. The van der Waals surface area contributed by atoms with E-state index in [-0.39, 0.29) is 11.4 Å². The summed E-state index contributed by atoms with van der Waals surface area (Å²) in [5.41, 5.74) is 8.25. The summed E-state index contributed by atoms with van der Waals surface area (Å²) in [5, 5.41) is 22.3. The lowest BCUT2D eigenvalue weighted by Crippen LogP contribution is -2.31. The van der Waals surface area contributed by atoms with Crippen molar-refractivity contribution in [2.45, 2.75) is 6.04 Å². The number of rotatable bonds is 8. The number of anilines is 1. The number of halogens is 2. The normalized spacial score (nSPS) is 12.2. The summed E-state index contributed by atoms with van der Waals surface area (Å²) in [4.78, 5) is 16.8. The van der Waals surface area contributed by atoms with E-state index in [1.54, 1.807) is 25.3 Å². The smallest absolute Gasteiger partial charge is 0.254 e. The van der Waals surface area contributed by atoms with Crippen LogP contribution in [0, 0.1) is 17.0 Å². The van der Waals surface area contributed by atoms with Gasteiger partial charge >= 0.3 is 0 Å². The summed E-state index contributed by atoms with van der Waals surface area (Å²) in [7, 11) is 1.70. The summed E-state index contributed by atoms with van der Waals surface area (Å²) >= 11 is 0. The Morgan fingerprint density at radius 2 is 2.03 bits per heavy atom. The van der Waals surface area contributed by atoms with Gasteiger partial charge in [0, 0.05) is 36.3 Å². The first-order valence-electron chi connectivity index (χ1n) is 9.99. The molecule has 0 saturated heterocycles. The van der Waals surface area contributed by atoms with Crippen LogP contribution in [0.1, 0.15) is 27.5 Å². The van der Waals surface area contributed by atoms with Gasteiger partial charge in [0.15, 0.2) is 0 Å². The van der Waals surface area contributed by atoms with Gasteiger partial charge in [-0.25, -0.2) is 13.8 Å². The van der Waals surface area contributed by atoms with Crippen molar-refractivity contribution >= 4 is 23.6 Å². The lowest BCUT2D eigenvalue weighted by molar-refractivity contribution is 0.0912. The van der Waals surface area contributed by atoms with Crippen LogP contribution >= 0.6 is 0 Å². The maximum atomic E-state index is 14.9. The quantitative estimate of drug-likeness (QED) is 0.336. The van der Waals surface area contributed by atoms with E-state index in [1.807, 2.05) is 0 Å². The zero-order valence-electron chi connectivity index (χ0n) is 17.8. The molecular weight excluding hydrogens is 428 g/mol. The number of nitrogens with zero attached hydrogens (tertiary/aromatic N) is 1. The highest BCUT2D eigenvalue weighted by Crippen LogP contribution is 2.29. The van der Waals surface area contributed by atoms with Crippen LogP contribution in [0.3, 0.4) is 0 Å². The fourth-order valence-corrected chi connectivity index (χ4v) is 3.32. The number of carbonyl (C=O) groups is 1. The highest BCUT2D eigenvalue weighted by molar-refractivity contribution is 5.95. The van der Waals surface area contributed by atoms with Gasteiger partial charge in [0.25, 0.3) is 5.91 Å².